The van der Waals surface area contributed by atoms with Crippen LogP contribution in [0.15, 0.2) is 81.5 Å². The van der Waals surface area contributed by atoms with Gasteiger partial charge in [-0.2, -0.15) is 4.99 Å². The lowest BCUT2D eigenvalue weighted by Crippen LogP contribution is -2.23. The Morgan fingerprint density at radius 3 is 2.33 bits per heavy atom. The van der Waals surface area contributed by atoms with Crippen LogP contribution in [0, 0.1) is 6.92 Å². The molecular formula is C25H24N4O7S3. The number of nitrogens with zero attached hydrogens (tertiary/aromatic N) is 2. The lowest BCUT2D eigenvalue weighted by Gasteiger charge is -2.11. The van der Waals surface area contributed by atoms with Gasteiger partial charge in [-0.05, 0) is 56.3 Å². The van der Waals surface area contributed by atoms with Gasteiger partial charge in [-0.1, -0.05) is 41.2 Å². The number of carbonyl (C=O) groups is 2. The molecule has 204 valence electrons. The van der Waals surface area contributed by atoms with Crippen molar-refractivity contribution in [3.05, 3.63) is 82.7 Å². The van der Waals surface area contributed by atoms with Crippen LogP contribution in [0.25, 0.3) is 10.2 Å². The maximum atomic E-state index is 13.3. The number of sulfonamides is 2. The fraction of sp³-hybridized carbons (Fsp3) is 0.160. The Hall–Kier alpha value is -3.85. The molecule has 11 nitrogen and oxygen atoms in total. The van der Waals surface area contributed by atoms with Gasteiger partial charge in [0, 0.05) is 0 Å². The number of aromatic nitrogens is 1. The van der Waals surface area contributed by atoms with Crippen LogP contribution in [0.2, 0.25) is 0 Å². The van der Waals surface area contributed by atoms with E-state index in [1.165, 1.54) is 47.0 Å². The van der Waals surface area contributed by atoms with Gasteiger partial charge in [0.1, 0.15) is 6.54 Å². The van der Waals surface area contributed by atoms with Crippen LogP contribution in [0.5, 0.6) is 0 Å². The number of nitrogens with one attached hydrogen (secondary N) is 1. The van der Waals surface area contributed by atoms with Gasteiger partial charge in [-0.25, -0.2) is 22.0 Å². The minimum absolute atomic E-state index is 0.0152. The lowest BCUT2D eigenvalue weighted by molar-refractivity contribution is -0.143. The summed E-state index contributed by atoms with van der Waals surface area (Å²) in [5, 5.41) is 5.25. The number of benzene rings is 3. The molecule has 1 heterocycles. The van der Waals surface area contributed by atoms with Crippen molar-refractivity contribution in [2.24, 2.45) is 10.1 Å². The van der Waals surface area contributed by atoms with Crippen molar-refractivity contribution in [2.45, 2.75) is 30.2 Å². The molecule has 0 atom stereocenters. The molecule has 14 heteroatoms. The Balaban J connectivity index is 1.79. The number of primary sulfonamides is 1. The summed E-state index contributed by atoms with van der Waals surface area (Å²) in [4.78, 5) is 29.7. The summed E-state index contributed by atoms with van der Waals surface area (Å²) >= 11 is 0.963. The van der Waals surface area contributed by atoms with Crippen molar-refractivity contribution >= 4 is 59.2 Å². The maximum Gasteiger partial charge on any atom is 0.326 e. The molecule has 0 aliphatic rings. The predicted molar refractivity (Wildman–Crippen MR) is 146 cm³/mol. The van der Waals surface area contributed by atoms with Gasteiger partial charge in [-0.3, -0.25) is 14.3 Å². The van der Waals surface area contributed by atoms with E-state index in [2.05, 4.69) is 9.71 Å². The number of ether oxygens (including phenoxy) is 1. The van der Waals surface area contributed by atoms with Gasteiger partial charge in [0.2, 0.25) is 10.0 Å². The second-order valence-electron chi connectivity index (χ2n) is 8.33. The fourth-order valence-corrected chi connectivity index (χ4v) is 6.39. The van der Waals surface area contributed by atoms with Crippen LogP contribution in [0.1, 0.15) is 22.8 Å². The first-order valence-electron chi connectivity index (χ1n) is 11.5. The molecule has 0 unspecified atom stereocenters. The summed E-state index contributed by atoms with van der Waals surface area (Å²) in [6, 6.07) is 16.3. The molecule has 0 saturated heterocycles. The van der Waals surface area contributed by atoms with Crippen molar-refractivity contribution in [3.63, 3.8) is 0 Å². The van der Waals surface area contributed by atoms with Crippen LogP contribution < -0.4 is 14.7 Å². The van der Waals surface area contributed by atoms with E-state index < -0.39 is 31.9 Å². The van der Waals surface area contributed by atoms with Crippen molar-refractivity contribution in [1.29, 1.82) is 0 Å². The molecule has 1 aromatic heterocycles. The monoisotopic (exact) mass is 588 g/mol. The molecule has 39 heavy (non-hydrogen) atoms. The normalized spacial score (nSPS) is 12.4. The van der Waals surface area contributed by atoms with E-state index in [0.29, 0.717) is 10.2 Å². The molecule has 3 aromatic carbocycles. The number of esters is 1. The predicted octanol–water partition coefficient (Wildman–Crippen LogP) is 2.76. The fourth-order valence-electron chi connectivity index (χ4n) is 3.63. The zero-order valence-corrected chi connectivity index (χ0v) is 23.3. The quantitative estimate of drug-likeness (QED) is 0.298. The number of nitrogens with two attached hydrogens (primary N) is 1. The molecule has 0 aliphatic carbocycles. The maximum absolute atomic E-state index is 13.3. The second-order valence-corrected chi connectivity index (χ2v) is 12.6. The molecule has 0 aliphatic heterocycles. The van der Waals surface area contributed by atoms with Crippen LogP contribution in [-0.4, -0.2) is 39.9 Å². The summed E-state index contributed by atoms with van der Waals surface area (Å²) in [7, 11) is -8.01. The average Bonchev–Trinajstić information content (AvgIpc) is 3.19. The van der Waals surface area contributed by atoms with E-state index in [1.54, 1.807) is 31.2 Å². The first-order chi connectivity index (χ1) is 18.4. The molecule has 0 fully saturated rings. The van der Waals surface area contributed by atoms with Crippen LogP contribution in [-0.2, 0) is 36.1 Å². The Morgan fingerprint density at radius 2 is 1.67 bits per heavy atom. The summed E-state index contributed by atoms with van der Waals surface area (Å²) < 4.78 is 58.9. The number of carbonyl (C=O) groups excluding carboxylic acids is 2. The first-order valence-corrected chi connectivity index (χ1v) is 15.3. The highest BCUT2D eigenvalue weighted by Crippen LogP contribution is 2.23. The zero-order chi connectivity index (χ0) is 28.4. The number of hydrogen-bond acceptors (Lipinski definition) is 8. The van der Waals surface area contributed by atoms with E-state index in [-0.39, 0.29) is 39.0 Å². The number of amides is 1. The number of aryl methyl sites for hydroxylation is 1. The SMILES string of the molecule is CCOC(=O)Cn1c(=NC(=O)c2ccccc2NS(=O)(=O)c2ccc(C)cc2)sc2cc(S(N)(=O)=O)ccc21. The first kappa shape index (κ1) is 28.2. The van der Waals surface area contributed by atoms with E-state index in [0.717, 1.165) is 16.9 Å². The molecular weight excluding hydrogens is 564 g/mol. The molecule has 1 amide bonds. The van der Waals surface area contributed by atoms with Crippen molar-refractivity contribution < 1.29 is 31.2 Å². The summed E-state index contributed by atoms with van der Waals surface area (Å²) in [6.45, 7) is 3.32. The van der Waals surface area contributed by atoms with E-state index >= 15 is 0 Å². The summed E-state index contributed by atoms with van der Waals surface area (Å²) in [6.07, 6.45) is 0. The molecule has 0 saturated carbocycles. The number of anilines is 1. The molecule has 0 bridgehead atoms. The van der Waals surface area contributed by atoms with Gasteiger partial charge in [0.25, 0.3) is 15.9 Å². The highest BCUT2D eigenvalue weighted by Gasteiger charge is 2.20. The lowest BCUT2D eigenvalue weighted by atomic mass is 10.2. The standard InChI is InChI=1S/C25H24N4O7S3/c1-3-36-23(30)15-29-21-13-12-18(38(26,32)33)14-22(21)37-25(29)27-24(31)19-6-4-5-7-20(19)28-39(34,35)17-10-8-16(2)9-11-17/h4-14,28H,3,15H2,1-2H3,(H2,26,32,33). The number of para-hydroxylation sites is 1. The van der Waals surface area contributed by atoms with Crippen LogP contribution in [0.3, 0.4) is 0 Å². The Kier molecular flexibility index (Phi) is 8.02. The van der Waals surface area contributed by atoms with Crippen LogP contribution >= 0.6 is 11.3 Å². The third-order valence-electron chi connectivity index (χ3n) is 5.51. The smallest absolute Gasteiger partial charge is 0.326 e. The van der Waals surface area contributed by atoms with Crippen LogP contribution in [0.4, 0.5) is 5.69 Å². The highest BCUT2D eigenvalue weighted by atomic mass is 32.2. The molecule has 3 N–H and O–H groups in total. The zero-order valence-electron chi connectivity index (χ0n) is 20.8. The second kappa shape index (κ2) is 11.1. The van der Waals surface area contributed by atoms with Crippen molar-refractivity contribution in [1.82, 2.24) is 4.57 Å². The summed E-state index contributed by atoms with van der Waals surface area (Å²) in [5.41, 5.74) is 1.30. The Bertz CT molecular complexity index is 1860. The highest BCUT2D eigenvalue weighted by molar-refractivity contribution is 7.92. The van der Waals surface area contributed by atoms with Crippen molar-refractivity contribution in [3.8, 4) is 0 Å². The van der Waals surface area contributed by atoms with Gasteiger partial charge in [0.15, 0.2) is 4.80 Å². The summed E-state index contributed by atoms with van der Waals surface area (Å²) in [5.74, 6) is -1.37. The van der Waals surface area contributed by atoms with Gasteiger partial charge < -0.3 is 9.30 Å². The third kappa shape index (κ3) is 6.42. The molecule has 4 aromatic rings. The topological polar surface area (TPSA) is 167 Å². The molecule has 0 spiro atoms. The molecule has 4 rings (SSSR count). The number of hydrogen-bond donors (Lipinski definition) is 2. The number of rotatable bonds is 8. The Morgan fingerprint density at radius 1 is 1.00 bits per heavy atom. The number of fused-ring (bicyclic) bond motifs is 1. The van der Waals surface area contributed by atoms with Gasteiger partial charge in [-0.15, -0.1) is 0 Å². The van der Waals surface area contributed by atoms with Gasteiger partial charge in [0.05, 0.1) is 37.9 Å². The number of thiazole rings is 1. The molecule has 0 radical (unpaired) electrons. The van der Waals surface area contributed by atoms with Gasteiger partial charge >= 0.3 is 5.97 Å². The van der Waals surface area contributed by atoms with E-state index in [1.807, 2.05) is 6.92 Å². The van der Waals surface area contributed by atoms with E-state index in [9.17, 15) is 26.4 Å². The minimum Gasteiger partial charge on any atom is -0.465 e. The minimum atomic E-state index is -4.01. The van der Waals surface area contributed by atoms with Crippen molar-refractivity contribution in [2.75, 3.05) is 11.3 Å². The van der Waals surface area contributed by atoms with E-state index in [4.69, 9.17) is 9.88 Å². The third-order valence-corrected chi connectivity index (χ3v) is 8.84. The average molecular weight is 589 g/mol. The largest absolute Gasteiger partial charge is 0.465 e. The Labute approximate surface area is 228 Å².